The number of anilines is 1. The lowest BCUT2D eigenvalue weighted by Gasteiger charge is -2.21. The first-order chi connectivity index (χ1) is 16.6. The smallest absolute Gasteiger partial charge is 0.320 e. The number of urea groups is 1. The van der Waals surface area contributed by atoms with E-state index in [9.17, 15) is 9.18 Å². The molecule has 2 aliphatic rings. The average molecular weight is 464 g/mol. The van der Waals surface area contributed by atoms with Gasteiger partial charge in [-0.2, -0.15) is 5.10 Å². The summed E-state index contributed by atoms with van der Waals surface area (Å²) in [4.78, 5) is 15.5. The lowest BCUT2D eigenvalue weighted by atomic mass is 9.94. The van der Waals surface area contributed by atoms with Crippen molar-refractivity contribution in [1.82, 2.24) is 20.0 Å². The van der Waals surface area contributed by atoms with Gasteiger partial charge in [0, 0.05) is 38.2 Å². The molecule has 2 aromatic carbocycles. The Balaban J connectivity index is 1.36. The molecule has 2 heterocycles. The number of amides is 2. The zero-order valence-corrected chi connectivity index (χ0v) is 19.3. The highest BCUT2D eigenvalue weighted by atomic mass is 19.1. The fourth-order valence-electron chi connectivity index (χ4n) is 5.10. The highest BCUT2D eigenvalue weighted by molar-refractivity contribution is 5.90. The number of carbonyl (C=O) groups excluding carboxylic acids is 1. The first-order valence-corrected chi connectivity index (χ1v) is 11.8. The number of carbonyl (C=O) groups is 1. The van der Waals surface area contributed by atoms with Crippen LogP contribution in [0.25, 0.3) is 5.69 Å². The summed E-state index contributed by atoms with van der Waals surface area (Å²) in [7, 11) is 1.68. The molecule has 7 nitrogen and oxygen atoms in total. The van der Waals surface area contributed by atoms with Gasteiger partial charge in [-0.15, -0.1) is 0 Å². The van der Waals surface area contributed by atoms with E-state index in [1.807, 2.05) is 41.1 Å². The maximum atomic E-state index is 14.0. The van der Waals surface area contributed by atoms with Gasteiger partial charge in [0.1, 0.15) is 11.6 Å². The number of hydrogen-bond acceptors (Lipinski definition) is 4. The largest absolute Gasteiger partial charge is 0.383 e. The van der Waals surface area contributed by atoms with E-state index >= 15 is 0 Å². The molecule has 2 N–H and O–H groups in total. The molecule has 34 heavy (non-hydrogen) atoms. The van der Waals surface area contributed by atoms with Crippen molar-refractivity contribution in [2.24, 2.45) is 0 Å². The first-order valence-electron chi connectivity index (χ1n) is 11.8. The molecule has 178 valence electrons. The van der Waals surface area contributed by atoms with Crippen LogP contribution in [0, 0.1) is 5.82 Å². The fraction of sp³-hybridized carbons (Fsp3) is 0.385. The Morgan fingerprint density at radius 3 is 2.79 bits per heavy atom. The summed E-state index contributed by atoms with van der Waals surface area (Å²) < 4.78 is 21.0. The SMILES string of the molecule is COCCN1C[C@@H](NC(=O)Nc2c3c(nn2-c2ccccc2)CCC3)[C@H](c2cccc(F)c2)C1. The van der Waals surface area contributed by atoms with E-state index in [2.05, 4.69) is 15.5 Å². The maximum Gasteiger partial charge on any atom is 0.320 e. The zero-order chi connectivity index (χ0) is 23.5. The van der Waals surface area contributed by atoms with Crippen LogP contribution < -0.4 is 10.6 Å². The minimum Gasteiger partial charge on any atom is -0.383 e. The molecule has 1 aliphatic carbocycles. The van der Waals surface area contributed by atoms with Gasteiger partial charge in [-0.1, -0.05) is 30.3 Å². The highest BCUT2D eigenvalue weighted by Gasteiger charge is 2.35. The molecule has 2 atom stereocenters. The number of halogens is 1. The molecule has 0 bridgehead atoms. The van der Waals surface area contributed by atoms with Gasteiger partial charge in [-0.25, -0.2) is 13.9 Å². The van der Waals surface area contributed by atoms with E-state index in [1.165, 1.54) is 6.07 Å². The van der Waals surface area contributed by atoms with Crippen LogP contribution in [0.4, 0.5) is 15.0 Å². The quantitative estimate of drug-likeness (QED) is 0.560. The number of aromatic nitrogens is 2. The lowest BCUT2D eigenvalue weighted by Crippen LogP contribution is -2.42. The van der Waals surface area contributed by atoms with Crippen LogP contribution in [0.2, 0.25) is 0 Å². The Labute approximate surface area is 198 Å². The summed E-state index contributed by atoms with van der Waals surface area (Å²) in [6.45, 7) is 2.77. The molecule has 1 aromatic heterocycles. The molecule has 1 fully saturated rings. The van der Waals surface area contributed by atoms with Gasteiger partial charge in [0.15, 0.2) is 0 Å². The second-order valence-corrected chi connectivity index (χ2v) is 8.99. The Bertz CT molecular complexity index is 1150. The zero-order valence-electron chi connectivity index (χ0n) is 19.3. The molecule has 2 amide bonds. The topological polar surface area (TPSA) is 71.4 Å². The van der Waals surface area contributed by atoms with Gasteiger partial charge < -0.3 is 10.1 Å². The van der Waals surface area contributed by atoms with Crippen LogP contribution in [0.5, 0.6) is 0 Å². The number of likely N-dealkylation sites (tertiary alicyclic amines) is 1. The van der Waals surface area contributed by atoms with E-state index in [0.717, 1.165) is 60.7 Å². The van der Waals surface area contributed by atoms with Crippen molar-refractivity contribution in [1.29, 1.82) is 0 Å². The predicted molar refractivity (Wildman–Crippen MR) is 129 cm³/mol. The Kier molecular flexibility index (Phi) is 6.60. The van der Waals surface area contributed by atoms with Crippen LogP contribution in [0.1, 0.15) is 29.2 Å². The van der Waals surface area contributed by atoms with Crippen LogP contribution in [0.3, 0.4) is 0 Å². The number of rotatable bonds is 7. The number of ether oxygens (including phenoxy) is 1. The van der Waals surface area contributed by atoms with Crippen molar-refractivity contribution < 1.29 is 13.9 Å². The van der Waals surface area contributed by atoms with E-state index in [4.69, 9.17) is 9.84 Å². The number of fused-ring (bicyclic) bond motifs is 1. The minimum absolute atomic E-state index is 0.0111. The van der Waals surface area contributed by atoms with Crippen molar-refractivity contribution in [3.8, 4) is 5.69 Å². The Morgan fingerprint density at radius 2 is 2.00 bits per heavy atom. The molecule has 8 heteroatoms. The van der Waals surface area contributed by atoms with Crippen LogP contribution in [0.15, 0.2) is 54.6 Å². The molecule has 0 saturated carbocycles. The highest BCUT2D eigenvalue weighted by Crippen LogP contribution is 2.32. The molecule has 5 rings (SSSR count). The van der Waals surface area contributed by atoms with Gasteiger partial charge >= 0.3 is 6.03 Å². The third kappa shape index (κ3) is 4.69. The first kappa shape index (κ1) is 22.6. The van der Waals surface area contributed by atoms with Crippen molar-refractivity contribution in [3.63, 3.8) is 0 Å². The number of nitrogens with one attached hydrogen (secondary N) is 2. The molecule has 1 aliphatic heterocycles. The van der Waals surface area contributed by atoms with Gasteiger partial charge in [0.25, 0.3) is 0 Å². The second kappa shape index (κ2) is 9.95. The Morgan fingerprint density at radius 1 is 1.15 bits per heavy atom. The van der Waals surface area contributed by atoms with E-state index in [1.54, 1.807) is 19.2 Å². The third-order valence-electron chi connectivity index (χ3n) is 6.74. The van der Waals surface area contributed by atoms with E-state index in [0.29, 0.717) is 13.2 Å². The molecule has 0 radical (unpaired) electrons. The number of para-hydroxylation sites is 1. The van der Waals surface area contributed by atoms with Crippen molar-refractivity contribution in [3.05, 3.63) is 77.2 Å². The second-order valence-electron chi connectivity index (χ2n) is 8.99. The lowest BCUT2D eigenvalue weighted by molar-refractivity contribution is 0.159. The number of aryl methyl sites for hydroxylation is 1. The standard InChI is InChI=1S/C26H30FN5O2/c1-34-14-13-31-16-22(18-7-5-8-19(27)15-18)24(17-31)28-26(33)29-25-21-11-6-12-23(21)30-32(25)20-9-3-2-4-10-20/h2-5,7-10,15,22,24H,6,11-14,16-17H2,1H3,(H2,28,29,33)/t22-,24+/m0/s1. The van der Waals surface area contributed by atoms with Crippen molar-refractivity contribution in [2.75, 3.05) is 38.7 Å². The summed E-state index contributed by atoms with van der Waals surface area (Å²) in [6.07, 6.45) is 2.87. The normalized spacial score (nSPS) is 19.8. The fourth-order valence-corrected chi connectivity index (χ4v) is 5.10. The number of nitrogens with zero attached hydrogens (tertiary/aromatic N) is 3. The van der Waals surface area contributed by atoms with Crippen LogP contribution in [-0.2, 0) is 17.6 Å². The van der Waals surface area contributed by atoms with Gasteiger partial charge in [0.05, 0.1) is 24.0 Å². The van der Waals surface area contributed by atoms with E-state index < -0.39 is 0 Å². The van der Waals surface area contributed by atoms with Crippen molar-refractivity contribution >= 4 is 11.8 Å². The van der Waals surface area contributed by atoms with Gasteiger partial charge in [0.2, 0.25) is 0 Å². The van der Waals surface area contributed by atoms with Crippen LogP contribution >= 0.6 is 0 Å². The Hall–Kier alpha value is -3.23. The molecule has 0 spiro atoms. The third-order valence-corrected chi connectivity index (χ3v) is 6.74. The number of benzene rings is 2. The van der Waals surface area contributed by atoms with Crippen LogP contribution in [-0.4, -0.2) is 60.1 Å². The van der Waals surface area contributed by atoms with Gasteiger partial charge in [-0.3, -0.25) is 10.2 Å². The maximum absolute atomic E-state index is 14.0. The predicted octanol–water partition coefficient (Wildman–Crippen LogP) is 3.74. The summed E-state index contributed by atoms with van der Waals surface area (Å²) in [5.41, 5.74) is 3.95. The van der Waals surface area contributed by atoms with Gasteiger partial charge in [-0.05, 0) is 49.1 Å². The average Bonchev–Trinajstić information content (AvgIpc) is 3.54. The summed E-state index contributed by atoms with van der Waals surface area (Å²) in [5.74, 6) is 0.453. The minimum atomic E-state index is -0.272. The molecular formula is C26H30FN5O2. The summed E-state index contributed by atoms with van der Waals surface area (Å²) >= 11 is 0. The number of hydrogen-bond donors (Lipinski definition) is 2. The summed E-state index contributed by atoms with van der Waals surface area (Å²) in [5, 5.41) is 11.0. The molecule has 0 unspecified atom stereocenters. The monoisotopic (exact) mass is 463 g/mol. The molecule has 1 saturated heterocycles. The number of methoxy groups -OCH3 is 1. The molecule has 3 aromatic rings. The van der Waals surface area contributed by atoms with E-state index in [-0.39, 0.29) is 23.8 Å². The summed E-state index contributed by atoms with van der Waals surface area (Å²) in [6, 6.07) is 16.1. The van der Waals surface area contributed by atoms with Crippen molar-refractivity contribution in [2.45, 2.75) is 31.2 Å². The molecular weight excluding hydrogens is 433 g/mol.